The molecule has 3 nitrogen and oxygen atoms in total. The highest BCUT2D eigenvalue weighted by atomic mass is 16.3. The summed E-state index contributed by atoms with van der Waals surface area (Å²) in [5.74, 6) is 0.682. The van der Waals surface area contributed by atoms with Crippen LogP contribution in [0.25, 0.3) is 0 Å². The van der Waals surface area contributed by atoms with Crippen molar-refractivity contribution in [1.82, 2.24) is 10.2 Å². The Morgan fingerprint density at radius 2 is 2.07 bits per heavy atom. The fourth-order valence-electron chi connectivity index (χ4n) is 2.15. The Labute approximate surface area is 87.5 Å². The second kappa shape index (κ2) is 5.10. The summed E-state index contributed by atoms with van der Waals surface area (Å²) in [6, 6.07) is 0. The predicted molar refractivity (Wildman–Crippen MR) is 59.4 cm³/mol. The number of aliphatic hydroxyl groups excluding tert-OH is 1. The molecule has 1 aliphatic carbocycles. The molecule has 0 amide bonds. The lowest BCUT2D eigenvalue weighted by molar-refractivity contribution is 0.104. The van der Waals surface area contributed by atoms with Crippen molar-refractivity contribution in [3.05, 3.63) is 0 Å². The van der Waals surface area contributed by atoms with Crippen LogP contribution in [0, 0.1) is 5.92 Å². The molecule has 0 spiro atoms. The van der Waals surface area contributed by atoms with Crippen LogP contribution in [0.4, 0.5) is 0 Å². The third-order valence-electron chi connectivity index (χ3n) is 3.26. The summed E-state index contributed by atoms with van der Waals surface area (Å²) in [7, 11) is 2.12. The maximum atomic E-state index is 9.57. The van der Waals surface area contributed by atoms with E-state index < -0.39 is 0 Å². The number of hydrogen-bond acceptors (Lipinski definition) is 3. The topological polar surface area (TPSA) is 35.5 Å². The summed E-state index contributed by atoms with van der Waals surface area (Å²) < 4.78 is 0. The number of hydrogen-bond donors (Lipinski definition) is 2. The zero-order valence-corrected chi connectivity index (χ0v) is 9.71. The minimum atomic E-state index is -0.0422. The Hall–Kier alpha value is -0.120. The molecular weight excluding hydrogens is 176 g/mol. The maximum absolute atomic E-state index is 9.57. The second-order valence-corrected chi connectivity index (χ2v) is 4.45. The molecule has 3 heteroatoms. The van der Waals surface area contributed by atoms with Crippen molar-refractivity contribution in [2.45, 2.75) is 32.2 Å². The van der Waals surface area contributed by atoms with Crippen molar-refractivity contribution >= 4 is 0 Å². The largest absolute Gasteiger partial charge is 0.394 e. The lowest BCUT2D eigenvalue weighted by Gasteiger charge is -2.36. The zero-order chi connectivity index (χ0) is 10.6. The fourth-order valence-corrected chi connectivity index (χ4v) is 2.15. The van der Waals surface area contributed by atoms with Gasteiger partial charge in [-0.25, -0.2) is 0 Å². The summed E-state index contributed by atoms with van der Waals surface area (Å²) in [5, 5.41) is 13.1. The first-order valence-corrected chi connectivity index (χ1v) is 5.73. The van der Waals surface area contributed by atoms with E-state index in [4.69, 9.17) is 0 Å². The van der Waals surface area contributed by atoms with Crippen LogP contribution < -0.4 is 5.32 Å². The number of rotatable bonds is 7. The van der Waals surface area contributed by atoms with Gasteiger partial charge in [0.25, 0.3) is 0 Å². The minimum Gasteiger partial charge on any atom is -0.394 e. The highest BCUT2D eigenvalue weighted by Crippen LogP contribution is 2.39. The van der Waals surface area contributed by atoms with E-state index in [-0.39, 0.29) is 12.1 Å². The Bertz CT molecular complexity index is 171. The van der Waals surface area contributed by atoms with Gasteiger partial charge in [-0.1, -0.05) is 13.8 Å². The predicted octanol–water partition coefficient (Wildman–Crippen LogP) is 0.689. The number of likely N-dealkylation sites (N-methyl/N-ethyl adjacent to an activating group) is 2. The molecule has 1 aliphatic rings. The van der Waals surface area contributed by atoms with E-state index in [1.54, 1.807) is 0 Å². The molecule has 0 aromatic carbocycles. The van der Waals surface area contributed by atoms with Gasteiger partial charge < -0.3 is 15.3 Å². The number of aliphatic hydroxyl groups is 1. The molecule has 84 valence electrons. The average molecular weight is 200 g/mol. The lowest BCUT2D eigenvalue weighted by Crippen LogP contribution is -2.57. The van der Waals surface area contributed by atoms with E-state index in [1.165, 1.54) is 12.8 Å². The molecule has 14 heavy (non-hydrogen) atoms. The molecule has 0 bridgehead atoms. The van der Waals surface area contributed by atoms with Crippen LogP contribution >= 0.6 is 0 Å². The first-order chi connectivity index (χ1) is 6.68. The third kappa shape index (κ3) is 2.69. The molecule has 0 aliphatic heterocycles. The molecule has 0 heterocycles. The van der Waals surface area contributed by atoms with Gasteiger partial charge in [0.05, 0.1) is 12.1 Å². The van der Waals surface area contributed by atoms with Crippen LogP contribution in [0.2, 0.25) is 0 Å². The van der Waals surface area contributed by atoms with Crippen LogP contribution in [-0.4, -0.2) is 48.8 Å². The smallest absolute Gasteiger partial charge is 0.0628 e. The highest BCUT2D eigenvalue weighted by molar-refractivity contribution is 5.02. The van der Waals surface area contributed by atoms with E-state index in [0.717, 1.165) is 19.6 Å². The van der Waals surface area contributed by atoms with Gasteiger partial charge in [-0.05, 0) is 38.9 Å². The summed E-state index contributed by atoms with van der Waals surface area (Å²) in [6.07, 6.45) is 2.54. The molecule has 1 saturated carbocycles. The van der Waals surface area contributed by atoms with Crippen LogP contribution in [0.5, 0.6) is 0 Å². The normalized spacial score (nSPS) is 21.2. The summed E-state index contributed by atoms with van der Waals surface area (Å²) >= 11 is 0. The van der Waals surface area contributed by atoms with Gasteiger partial charge in [0.1, 0.15) is 0 Å². The molecule has 2 N–H and O–H groups in total. The quantitative estimate of drug-likeness (QED) is 0.634. The average Bonchev–Trinajstić information content (AvgIpc) is 3.00. The molecule has 0 saturated heterocycles. The van der Waals surface area contributed by atoms with Crippen LogP contribution in [0.3, 0.4) is 0 Å². The summed E-state index contributed by atoms with van der Waals surface area (Å²) in [4.78, 5) is 2.28. The van der Waals surface area contributed by atoms with E-state index in [2.05, 4.69) is 31.1 Å². The van der Waals surface area contributed by atoms with Crippen LogP contribution in [0.15, 0.2) is 0 Å². The summed E-state index contributed by atoms with van der Waals surface area (Å²) in [6.45, 7) is 7.46. The maximum Gasteiger partial charge on any atom is 0.0628 e. The van der Waals surface area contributed by atoms with E-state index in [9.17, 15) is 5.11 Å². The van der Waals surface area contributed by atoms with E-state index in [1.807, 2.05) is 0 Å². The molecule has 1 fully saturated rings. The highest BCUT2D eigenvalue weighted by Gasteiger charge is 2.44. The Balaban J connectivity index is 2.57. The lowest BCUT2D eigenvalue weighted by atomic mass is 9.93. The standard InChI is InChI=1S/C11H24N2O/c1-4-12-11(9-14,10-6-7-10)8-13(3)5-2/h10,12,14H,4-9H2,1-3H3. The fraction of sp³-hybridized carbons (Fsp3) is 1.00. The molecule has 1 atom stereocenters. The van der Waals surface area contributed by atoms with Crippen molar-refractivity contribution in [3.63, 3.8) is 0 Å². The van der Waals surface area contributed by atoms with E-state index in [0.29, 0.717) is 5.92 Å². The minimum absolute atomic E-state index is 0.0422. The molecular formula is C11H24N2O. The first kappa shape index (κ1) is 12.0. The SMILES string of the molecule is CCNC(CO)(CN(C)CC)C1CC1. The van der Waals surface area contributed by atoms with Gasteiger partial charge >= 0.3 is 0 Å². The van der Waals surface area contributed by atoms with Gasteiger partial charge in [-0.15, -0.1) is 0 Å². The van der Waals surface area contributed by atoms with Gasteiger partial charge in [0.15, 0.2) is 0 Å². The van der Waals surface area contributed by atoms with Gasteiger partial charge in [0.2, 0.25) is 0 Å². The van der Waals surface area contributed by atoms with Crippen molar-refractivity contribution < 1.29 is 5.11 Å². The van der Waals surface area contributed by atoms with Crippen molar-refractivity contribution in [1.29, 1.82) is 0 Å². The monoisotopic (exact) mass is 200 g/mol. The Kier molecular flexibility index (Phi) is 4.35. The van der Waals surface area contributed by atoms with Gasteiger partial charge in [-0.2, -0.15) is 0 Å². The Morgan fingerprint density at radius 1 is 1.43 bits per heavy atom. The molecule has 0 aromatic heterocycles. The van der Waals surface area contributed by atoms with Crippen molar-refractivity contribution in [3.8, 4) is 0 Å². The molecule has 0 radical (unpaired) electrons. The van der Waals surface area contributed by atoms with Crippen molar-refractivity contribution in [2.24, 2.45) is 5.92 Å². The second-order valence-electron chi connectivity index (χ2n) is 4.45. The first-order valence-electron chi connectivity index (χ1n) is 5.73. The Morgan fingerprint density at radius 3 is 2.43 bits per heavy atom. The van der Waals surface area contributed by atoms with Gasteiger partial charge in [0, 0.05) is 6.54 Å². The zero-order valence-electron chi connectivity index (χ0n) is 9.71. The third-order valence-corrected chi connectivity index (χ3v) is 3.26. The molecule has 1 unspecified atom stereocenters. The van der Waals surface area contributed by atoms with Crippen molar-refractivity contribution in [2.75, 3.05) is 33.3 Å². The van der Waals surface area contributed by atoms with Gasteiger partial charge in [-0.3, -0.25) is 0 Å². The number of nitrogens with one attached hydrogen (secondary N) is 1. The number of nitrogens with zero attached hydrogens (tertiary/aromatic N) is 1. The van der Waals surface area contributed by atoms with Crippen LogP contribution in [0.1, 0.15) is 26.7 Å². The molecule has 1 rings (SSSR count). The van der Waals surface area contributed by atoms with Crippen LogP contribution in [-0.2, 0) is 0 Å². The van der Waals surface area contributed by atoms with E-state index >= 15 is 0 Å². The molecule has 0 aromatic rings. The summed E-state index contributed by atoms with van der Waals surface area (Å²) in [5.41, 5.74) is -0.0422.